The van der Waals surface area contributed by atoms with E-state index in [2.05, 4.69) is 5.32 Å². The number of nitro groups is 1. The van der Waals surface area contributed by atoms with Crippen molar-refractivity contribution in [2.24, 2.45) is 0 Å². The lowest BCUT2D eigenvalue weighted by Gasteiger charge is -2.36. The zero-order valence-corrected chi connectivity index (χ0v) is 14.8. The Kier molecular flexibility index (Phi) is 5.43. The summed E-state index contributed by atoms with van der Waals surface area (Å²) in [7, 11) is 0. The number of piperazine rings is 1. The van der Waals surface area contributed by atoms with Crippen molar-refractivity contribution in [1.82, 2.24) is 4.90 Å². The van der Waals surface area contributed by atoms with Gasteiger partial charge < -0.3 is 19.5 Å². The van der Waals surface area contributed by atoms with Gasteiger partial charge in [-0.05, 0) is 30.3 Å². The maximum atomic E-state index is 12.5. The Morgan fingerprint density at radius 2 is 1.66 bits per heavy atom. The number of furan rings is 1. The van der Waals surface area contributed by atoms with Gasteiger partial charge in [-0.3, -0.25) is 19.7 Å². The summed E-state index contributed by atoms with van der Waals surface area (Å²) in [6.07, 6.45) is -4.88. The zero-order valence-electron chi connectivity index (χ0n) is 14.8. The Hall–Kier alpha value is -3.57. The van der Waals surface area contributed by atoms with Gasteiger partial charge in [0, 0.05) is 37.6 Å². The summed E-state index contributed by atoms with van der Waals surface area (Å²) in [4.78, 5) is 35.7. The molecule has 0 atom stereocenters. The van der Waals surface area contributed by atoms with E-state index in [0.717, 1.165) is 16.7 Å². The average molecular weight is 412 g/mol. The number of hydrogen-bond donors (Lipinski definition) is 1. The van der Waals surface area contributed by atoms with Crippen molar-refractivity contribution in [1.29, 1.82) is 0 Å². The first-order valence-electron chi connectivity index (χ1n) is 8.42. The van der Waals surface area contributed by atoms with Crippen LogP contribution in [-0.2, 0) is 4.79 Å². The number of nitrogens with zero attached hydrogens (tertiary/aromatic N) is 3. The van der Waals surface area contributed by atoms with Crippen molar-refractivity contribution in [3.8, 4) is 0 Å². The smallest absolute Gasteiger partial charge is 0.395 e. The first kappa shape index (κ1) is 20.2. The van der Waals surface area contributed by atoms with Crippen molar-refractivity contribution >= 4 is 29.1 Å². The standard InChI is InChI=1S/C17H15F3N4O5/c18-17(19,20)16(26)23-9-7-22(8-10-23)12-3-1-11(2-4-12)21-15(25)13-5-6-14(29-13)24(27)28/h1-6H,7-10H2,(H,21,25). The van der Waals surface area contributed by atoms with E-state index < -0.39 is 28.8 Å². The second-order valence-corrected chi connectivity index (χ2v) is 6.17. The third-order valence-electron chi connectivity index (χ3n) is 4.30. The minimum absolute atomic E-state index is 0.0475. The first-order valence-corrected chi connectivity index (χ1v) is 8.42. The molecule has 2 aromatic rings. The molecule has 0 radical (unpaired) electrons. The number of rotatable bonds is 4. The molecule has 1 aliphatic rings. The molecule has 3 rings (SSSR count). The van der Waals surface area contributed by atoms with E-state index >= 15 is 0 Å². The predicted octanol–water partition coefficient (Wildman–Crippen LogP) is 2.65. The molecule has 0 unspecified atom stereocenters. The van der Waals surface area contributed by atoms with E-state index in [-0.39, 0.29) is 31.9 Å². The van der Waals surface area contributed by atoms with Crippen LogP contribution in [0.3, 0.4) is 0 Å². The number of halogens is 3. The van der Waals surface area contributed by atoms with E-state index in [0.29, 0.717) is 5.69 Å². The van der Waals surface area contributed by atoms with E-state index in [9.17, 15) is 32.9 Å². The van der Waals surface area contributed by atoms with Crippen molar-refractivity contribution in [3.05, 3.63) is 52.3 Å². The minimum Gasteiger partial charge on any atom is -0.395 e. The highest BCUT2D eigenvalue weighted by molar-refractivity contribution is 6.02. The number of hydrogen-bond acceptors (Lipinski definition) is 6. The minimum atomic E-state index is -4.88. The lowest BCUT2D eigenvalue weighted by atomic mass is 10.2. The Labute approximate surface area is 161 Å². The highest BCUT2D eigenvalue weighted by Gasteiger charge is 2.43. The summed E-state index contributed by atoms with van der Waals surface area (Å²) in [5.41, 5.74) is 1.12. The van der Waals surface area contributed by atoms with Gasteiger partial charge in [-0.25, -0.2) is 0 Å². The fourth-order valence-corrected chi connectivity index (χ4v) is 2.84. The molecule has 2 amide bonds. The van der Waals surface area contributed by atoms with Gasteiger partial charge in [-0.15, -0.1) is 0 Å². The number of carbonyl (C=O) groups excluding carboxylic acids is 2. The summed E-state index contributed by atoms with van der Waals surface area (Å²) < 4.78 is 42.3. The van der Waals surface area contributed by atoms with Gasteiger partial charge in [0.05, 0.1) is 6.07 Å². The normalized spacial score (nSPS) is 14.6. The third kappa shape index (κ3) is 4.65. The van der Waals surface area contributed by atoms with E-state index in [1.807, 2.05) is 4.90 Å². The fourth-order valence-electron chi connectivity index (χ4n) is 2.84. The van der Waals surface area contributed by atoms with Crippen LogP contribution in [0.4, 0.5) is 30.4 Å². The monoisotopic (exact) mass is 412 g/mol. The number of nitrogens with one attached hydrogen (secondary N) is 1. The van der Waals surface area contributed by atoms with Crippen LogP contribution in [0.5, 0.6) is 0 Å². The Morgan fingerprint density at radius 3 is 2.17 bits per heavy atom. The van der Waals surface area contributed by atoms with Crippen LogP contribution in [0, 0.1) is 10.1 Å². The van der Waals surface area contributed by atoms with E-state index in [4.69, 9.17) is 4.42 Å². The molecule has 1 aromatic heterocycles. The van der Waals surface area contributed by atoms with Crippen molar-refractivity contribution in [2.75, 3.05) is 36.4 Å². The van der Waals surface area contributed by atoms with E-state index in [1.54, 1.807) is 24.3 Å². The maximum Gasteiger partial charge on any atom is 0.471 e. The SMILES string of the molecule is O=C(Nc1ccc(N2CCN(C(=O)C(F)(F)F)CC2)cc1)c1ccc([N+](=O)[O-])o1. The molecule has 29 heavy (non-hydrogen) atoms. The van der Waals surface area contributed by atoms with Gasteiger partial charge in [-0.1, -0.05) is 0 Å². The molecule has 2 heterocycles. The van der Waals surface area contributed by atoms with Crippen LogP contribution >= 0.6 is 0 Å². The number of carbonyl (C=O) groups is 2. The summed E-state index contributed by atoms with van der Waals surface area (Å²) >= 11 is 0. The van der Waals surface area contributed by atoms with Crippen LogP contribution in [-0.4, -0.2) is 54.0 Å². The Bertz CT molecular complexity index is 918. The highest BCUT2D eigenvalue weighted by atomic mass is 19.4. The van der Waals surface area contributed by atoms with Crippen molar-refractivity contribution in [3.63, 3.8) is 0 Å². The lowest BCUT2D eigenvalue weighted by molar-refractivity contribution is -0.402. The summed E-state index contributed by atoms with van der Waals surface area (Å²) in [6.45, 7) is 0.384. The molecular formula is C17H15F3N4O5. The van der Waals surface area contributed by atoms with Gasteiger partial charge in [0.15, 0.2) is 5.76 Å². The quantitative estimate of drug-likeness (QED) is 0.611. The number of alkyl halides is 3. The van der Waals surface area contributed by atoms with Gasteiger partial charge in [0.1, 0.15) is 4.92 Å². The molecule has 154 valence electrons. The molecule has 0 spiro atoms. The third-order valence-corrected chi connectivity index (χ3v) is 4.30. The summed E-state index contributed by atoms with van der Waals surface area (Å²) in [5.74, 6) is -3.27. The van der Waals surface area contributed by atoms with Crippen LogP contribution in [0.25, 0.3) is 0 Å². The van der Waals surface area contributed by atoms with Gasteiger partial charge in [0.25, 0.3) is 5.91 Å². The molecule has 1 N–H and O–H groups in total. The summed E-state index contributed by atoms with van der Waals surface area (Å²) in [6, 6.07) is 8.75. The second-order valence-electron chi connectivity index (χ2n) is 6.17. The van der Waals surface area contributed by atoms with Crippen LogP contribution in [0.15, 0.2) is 40.8 Å². The molecule has 1 aliphatic heterocycles. The largest absolute Gasteiger partial charge is 0.471 e. The topological polar surface area (TPSA) is 109 Å². The molecule has 1 fully saturated rings. The molecule has 0 bridgehead atoms. The number of amides is 2. The molecule has 12 heteroatoms. The highest BCUT2D eigenvalue weighted by Crippen LogP contribution is 2.23. The second kappa shape index (κ2) is 7.81. The Morgan fingerprint density at radius 1 is 1.03 bits per heavy atom. The van der Waals surface area contributed by atoms with Gasteiger partial charge >= 0.3 is 18.0 Å². The van der Waals surface area contributed by atoms with Gasteiger partial charge in [0.2, 0.25) is 0 Å². The van der Waals surface area contributed by atoms with Crippen molar-refractivity contribution < 1.29 is 32.1 Å². The van der Waals surface area contributed by atoms with Crippen LogP contribution < -0.4 is 10.2 Å². The van der Waals surface area contributed by atoms with Crippen molar-refractivity contribution in [2.45, 2.75) is 6.18 Å². The molecule has 0 aliphatic carbocycles. The average Bonchev–Trinajstić information content (AvgIpc) is 3.18. The van der Waals surface area contributed by atoms with E-state index in [1.165, 1.54) is 6.07 Å². The Balaban J connectivity index is 1.57. The molecule has 1 aromatic carbocycles. The number of benzene rings is 1. The number of anilines is 2. The predicted molar refractivity (Wildman–Crippen MR) is 94.6 cm³/mol. The fraction of sp³-hybridized carbons (Fsp3) is 0.294. The van der Waals surface area contributed by atoms with Crippen LogP contribution in [0.1, 0.15) is 10.6 Å². The van der Waals surface area contributed by atoms with Gasteiger partial charge in [-0.2, -0.15) is 13.2 Å². The lowest BCUT2D eigenvalue weighted by Crippen LogP contribution is -2.52. The molecule has 1 saturated heterocycles. The molecule has 0 saturated carbocycles. The summed E-state index contributed by atoms with van der Waals surface area (Å²) in [5, 5.41) is 13.1. The maximum absolute atomic E-state index is 12.5. The molecule has 9 nitrogen and oxygen atoms in total. The van der Waals surface area contributed by atoms with Crippen LogP contribution in [0.2, 0.25) is 0 Å². The molecular weight excluding hydrogens is 397 g/mol. The first-order chi connectivity index (χ1) is 13.6. The zero-order chi connectivity index (χ0) is 21.2.